The average Bonchev–Trinajstić information content (AvgIpc) is 2.61. The molecule has 2 rings (SSSR count). The lowest BCUT2D eigenvalue weighted by Crippen LogP contribution is -2.03. The molecule has 15 heavy (non-hydrogen) atoms. The molecular weight excluding hydrogens is 206 g/mol. The standard InChI is InChI=1S/C11H13N3S/c1-8-4-6-15-10(8)7-13-11-12-5-3-9(2)14-11/h3-6H,7H2,1-2H3,(H,12,13,14). The molecule has 1 N–H and O–H groups in total. The van der Waals surface area contributed by atoms with Gasteiger partial charge in [0, 0.05) is 16.8 Å². The molecule has 0 saturated heterocycles. The summed E-state index contributed by atoms with van der Waals surface area (Å²) < 4.78 is 0. The van der Waals surface area contributed by atoms with Crippen molar-refractivity contribution in [2.45, 2.75) is 20.4 Å². The van der Waals surface area contributed by atoms with Crippen LogP contribution in [0.1, 0.15) is 16.1 Å². The van der Waals surface area contributed by atoms with Crippen LogP contribution in [0.15, 0.2) is 23.7 Å². The zero-order valence-corrected chi connectivity index (χ0v) is 9.64. The number of aryl methyl sites for hydroxylation is 2. The second-order valence-electron chi connectivity index (χ2n) is 3.40. The average molecular weight is 219 g/mol. The van der Waals surface area contributed by atoms with E-state index in [1.807, 2.05) is 13.0 Å². The Morgan fingerprint density at radius 1 is 1.33 bits per heavy atom. The Bertz CT molecular complexity index is 451. The Morgan fingerprint density at radius 3 is 2.87 bits per heavy atom. The summed E-state index contributed by atoms with van der Waals surface area (Å²) in [6.45, 7) is 4.88. The highest BCUT2D eigenvalue weighted by atomic mass is 32.1. The lowest BCUT2D eigenvalue weighted by atomic mass is 10.3. The van der Waals surface area contributed by atoms with Gasteiger partial charge in [-0.15, -0.1) is 11.3 Å². The van der Waals surface area contributed by atoms with Crippen molar-refractivity contribution in [3.8, 4) is 0 Å². The van der Waals surface area contributed by atoms with E-state index in [1.54, 1.807) is 17.5 Å². The van der Waals surface area contributed by atoms with Crippen LogP contribution < -0.4 is 5.32 Å². The predicted molar refractivity (Wildman–Crippen MR) is 63.2 cm³/mol. The highest BCUT2D eigenvalue weighted by molar-refractivity contribution is 7.10. The van der Waals surface area contributed by atoms with Gasteiger partial charge in [0.15, 0.2) is 0 Å². The van der Waals surface area contributed by atoms with E-state index in [-0.39, 0.29) is 0 Å². The molecule has 0 amide bonds. The minimum Gasteiger partial charge on any atom is -0.349 e. The fourth-order valence-corrected chi connectivity index (χ4v) is 2.12. The largest absolute Gasteiger partial charge is 0.349 e. The van der Waals surface area contributed by atoms with Crippen LogP contribution in [0.4, 0.5) is 5.95 Å². The lowest BCUT2D eigenvalue weighted by Gasteiger charge is -2.04. The molecule has 0 bridgehead atoms. The Balaban J connectivity index is 2.02. The molecule has 78 valence electrons. The van der Waals surface area contributed by atoms with Gasteiger partial charge in [-0.2, -0.15) is 0 Å². The van der Waals surface area contributed by atoms with E-state index in [0.29, 0.717) is 5.95 Å². The molecule has 0 aliphatic carbocycles. The van der Waals surface area contributed by atoms with Crippen molar-refractivity contribution in [2.24, 2.45) is 0 Å². The third-order valence-corrected chi connectivity index (χ3v) is 3.19. The van der Waals surface area contributed by atoms with Crippen molar-refractivity contribution in [1.82, 2.24) is 9.97 Å². The van der Waals surface area contributed by atoms with Gasteiger partial charge >= 0.3 is 0 Å². The fourth-order valence-electron chi connectivity index (χ4n) is 1.28. The molecule has 0 radical (unpaired) electrons. The van der Waals surface area contributed by atoms with Gasteiger partial charge in [-0.05, 0) is 36.9 Å². The first-order chi connectivity index (χ1) is 7.25. The first-order valence-corrected chi connectivity index (χ1v) is 5.70. The molecule has 0 atom stereocenters. The summed E-state index contributed by atoms with van der Waals surface area (Å²) in [5.41, 5.74) is 2.30. The number of nitrogens with zero attached hydrogens (tertiary/aromatic N) is 2. The van der Waals surface area contributed by atoms with Gasteiger partial charge in [0.1, 0.15) is 0 Å². The second-order valence-corrected chi connectivity index (χ2v) is 4.40. The predicted octanol–water partition coefficient (Wildman–Crippen LogP) is 2.77. The first-order valence-electron chi connectivity index (χ1n) is 4.82. The van der Waals surface area contributed by atoms with Crippen molar-refractivity contribution in [2.75, 3.05) is 5.32 Å². The summed E-state index contributed by atoms with van der Waals surface area (Å²) in [6.07, 6.45) is 1.77. The quantitative estimate of drug-likeness (QED) is 0.862. The smallest absolute Gasteiger partial charge is 0.223 e. The molecule has 2 heterocycles. The maximum absolute atomic E-state index is 4.28. The Labute approximate surface area is 93.2 Å². The molecule has 2 aromatic heterocycles. The van der Waals surface area contributed by atoms with Crippen LogP contribution in [0.5, 0.6) is 0 Å². The highest BCUT2D eigenvalue weighted by Gasteiger charge is 2.00. The number of rotatable bonds is 3. The minimum atomic E-state index is 0.697. The lowest BCUT2D eigenvalue weighted by molar-refractivity contribution is 1.04. The van der Waals surface area contributed by atoms with Gasteiger partial charge in [0.25, 0.3) is 0 Å². The molecule has 3 nitrogen and oxygen atoms in total. The van der Waals surface area contributed by atoms with Crippen LogP contribution in [0.25, 0.3) is 0 Å². The highest BCUT2D eigenvalue weighted by Crippen LogP contribution is 2.16. The SMILES string of the molecule is Cc1ccnc(NCc2sccc2C)n1. The Hall–Kier alpha value is -1.42. The van der Waals surface area contributed by atoms with E-state index in [2.05, 4.69) is 33.7 Å². The first kappa shape index (κ1) is 10.1. The van der Waals surface area contributed by atoms with Gasteiger partial charge in [0.05, 0.1) is 6.54 Å². The van der Waals surface area contributed by atoms with Crippen LogP contribution in [-0.4, -0.2) is 9.97 Å². The Kier molecular flexibility index (Phi) is 2.97. The van der Waals surface area contributed by atoms with E-state index in [1.165, 1.54) is 10.4 Å². The monoisotopic (exact) mass is 219 g/mol. The topological polar surface area (TPSA) is 37.8 Å². The second kappa shape index (κ2) is 4.40. The molecule has 0 saturated carbocycles. The maximum Gasteiger partial charge on any atom is 0.223 e. The van der Waals surface area contributed by atoms with E-state index in [4.69, 9.17) is 0 Å². The van der Waals surface area contributed by atoms with Crippen LogP contribution >= 0.6 is 11.3 Å². The van der Waals surface area contributed by atoms with Crippen LogP contribution in [0.3, 0.4) is 0 Å². The number of thiophene rings is 1. The van der Waals surface area contributed by atoms with Crippen LogP contribution in [-0.2, 0) is 6.54 Å². The van der Waals surface area contributed by atoms with E-state index < -0.39 is 0 Å². The van der Waals surface area contributed by atoms with Crippen molar-refractivity contribution >= 4 is 17.3 Å². The molecule has 4 heteroatoms. The molecule has 0 aliphatic rings. The third-order valence-electron chi connectivity index (χ3n) is 2.17. The number of anilines is 1. The Morgan fingerprint density at radius 2 is 2.20 bits per heavy atom. The van der Waals surface area contributed by atoms with Gasteiger partial charge in [-0.25, -0.2) is 9.97 Å². The van der Waals surface area contributed by atoms with Gasteiger partial charge < -0.3 is 5.32 Å². The molecule has 0 spiro atoms. The number of hydrogen-bond acceptors (Lipinski definition) is 4. The van der Waals surface area contributed by atoms with Gasteiger partial charge in [-0.1, -0.05) is 0 Å². The molecule has 2 aromatic rings. The summed E-state index contributed by atoms with van der Waals surface area (Å²) in [5.74, 6) is 0.697. The van der Waals surface area contributed by atoms with Crippen molar-refractivity contribution in [3.05, 3.63) is 39.8 Å². The summed E-state index contributed by atoms with van der Waals surface area (Å²) in [7, 11) is 0. The molecule has 0 aliphatic heterocycles. The fraction of sp³-hybridized carbons (Fsp3) is 0.273. The molecular formula is C11H13N3S. The van der Waals surface area contributed by atoms with Crippen molar-refractivity contribution in [3.63, 3.8) is 0 Å². The van der Waals surface area contributed by atoms with Crippen molar-refractivity contribution < 1.29 is 0 Å². The summed E-state index contributed by atoms with van der Waals surface area (Å²) in [5, 5.41) is 5.32. The van der Waals surface area contributed by atoms with E-state index >= 15 is 0 Å². The van der Waals surface area contributed by atoms with E-state index in [9.17, 15) is 0 Å². The summed E-state index contributed by atoms with van der Waals surface area (Å²) >= 11 is 1.75. The minimum absolute atomic E-state index is 0.697. The third kappa shape index (κ3) is 2.53. The van der Waals surface area contributed by atoms with Crippen LogP contribution in [0.2, 0.25) is 0 Å². The zero-order chi connectivity index (χ0) is 10.7. The molecule has 0 unspecified atom stereocenters. The van der Waals surface area contributed by atoms with Crippen molar-refractivity contribution in [1.29, 1.82) is 0 Å². The summed E-state index contributed by atoms with van der Waals surface area (Å²) in [6, 6.07) is 4.01. The zero-order valence-electron chi connectivity index (χ0n) is 8.82. The van der Waals surface area contributed by atoms with Gasteiger partial charge in [0.2, 0.25) is 5.95 Å². The number of nitrogens with one attached hydrogen (secondary N) is 1. The van der Waals surface area contributed by atoms with Gasteiger partial charge in [-0.3, -0.25) is 0 Å². The molecule has 0 aromatic carbocycles. The molecule has 0 fully saturated rings. The number of hydrogen-bond donors (Lipinski definition) is 1. The maximum atomic E-state index is 4.28. The normalized spacial score (nSPS) is 10.3. The number of aromatic nitrogens is 2. The summed E-state index contributed by atoms with van der Waals surface area (Å²) in [4.78, 5) is 9.77. The van der Waals surface area contributed by atoms with E-state index in [0.717, 1.165) is 12.2 Å². The van der Waals surface area contributed by atoms with Crippen LogP contribution in [0, 0.1) is 13.8 Å².